The van der Waals surface area contributed by atoms with Gasteiger partial charge in [-0.3, -0.25) is 4.79 Å². The SMILES string of the molecule is CNC(=O)c1ccccc1Nc1nc(Nc2ccc(N3CCN(C(=O)N[C@H]4CC[C@@H](N)CC4)CC3)cc2)ncc1Cl. The zero-order valence-electron chi connectivity index (χ0n) is 23.1. The van der Waals surface area contributed by atoms with Crippen LogP contribution in [0.25, 0.3) is 0 Å². The number of nitrogens with two attached hydrogens (primary N) is 1. The van der Waals surface area contributed by atoms with Crippen LogP contribution in [0.15, 0.2) is 54.7 Å². The van der Waals surface area contributed by atoms with Crippen molar-refractivity contribution in [3.63, 3.8) is 0 Å². The fourth-order valence-electron chi connectivity index (χ4n) is 5.15. The van der Waals surface area contributed by atoms with Crippen LogP contribution in [0.4, 0.5) is 33.6 Å². The van der Waals surface area contributed by atoms with E-state index >= 15 is 0 Å². The summed E-state index contributed by atoms with van der Waals surface area (Å²) in [6.45, 7) is 2.89. The van der Waals surface area contributed by atoms with Gasteiger partial charge in [0.2, 0.25) is 5.95 Å². The number of carbonyl (C=O) groups excluding carboxylic acids is 2. The molecule has 2 aromatic carbocycles. The van der Waals surface area contributed by atoms with Crippen LogP contribution < -0.4 is 31.9 Å². The summed E-state index contributed by atoms with van der Waals surface area (Å²) in [5.41, 5.74) is 8.95. The first-order chi connectivity index (χ1) is 19.9. The zero-order valence-corrected chi connectivity index (χ0v) is 23.8. The van der Waals surface area contributed by atoms with Gasteiger partial charge in [0.05, 0.1) is 17.4 Å². The lowest BCUT2D eigenvalue weighted by Crippen LogP contribution is -2.54. The minimum atomic E-state index is -0.216. The Morgan fingerprint density at radius 3 is 2.37 bits per heavy atom. The Hall–Kier alpha value is -4.09. The van der Waals surface area contributed by atoms with Crippen LogP contribution >= 0.6 is 11.6 Å². The lowest BCUT2D eigenvalue weighted by molar-refractivity contribution is 0.0964. The number of amides is 3. The molecule has 2 aliphatic rings. The normalized spacial score (nSPS) is 18.9. The van der Waals surface area contributed by atoms with Gasteiger partial charge in [0.25, 0.3) is 5.91 Å². The lowest BCUT2D eigenvalue weighted by atomic mass is 9.92. The highest BCUT2D eigenvalue weighted by Gasteiger charge is 2.25. The Morgan fingerprint density at radius 2 is 1.66 bits per heavy atom. The van der Waals surface area contributed by atoms with Gasteiger partial charge in [0, 0.05) is 56.7 Å². The van der Waals surface area contributed by atoms with Crippen molar-refractivity contribution in [2.45, 2.75) is 37.8 Å². The summed E-state index contributed by atoms with van der Waals surface area (Å²) in [6.07, 6.45) is 5.36. The van der Waals surface area contributed by atoms with E-state index in [0.29, 0.717) is 41.1 Å². The molecule has 5 rings (SSSR count). The molecule has 0 spiro atoms. The van der Waals surface area contributed by atoms with Crippen LogP contribution in [0.3, 0.4) is 0 Å². The Morgan fingerprint density at radius 1 is 0.951 bits per heavy atom. The van der Waals surface area contributed by atoms with E-state index in [9.17, 15) is 9.59 Å². The highest BCUT2D eigenvalue weighted by Crippen LogP contribution is 2.27. The number of halogens is 1. The number of piperazine rings is 1. The summed E-state index contributed by atoms with van der Waals surface area (Å²) in [4.78, 5) is 38.0. The van der Waals surface area contributed by atoms with Crippen LogP contribution in [-0.2, 0) is 0 Å². The molecule has 2 fully saturated rings. The molecule has 12 heteroatoms. The van der Waals surface area contributed by atoms with Crippen LogP contribution in [0.5, 0.6) is 0 Å². The number of para-hydroxylation sites is 1. The van der Waals surface area contributed by atoms with Gasteiger partial charge in [-0.25, -0.2) is 9.78 Å². The number of carbonyl (C=O) groups is 2. The largest absolute Gasteiger partial charge is 0.368 e. The molecule has 3 aromatic rings. The molecule has 11 nitrogen and oxygen atoms in total. The molecule has 0 atom stereocenters. The standard InChI is InChI=1S/C29H36ClN9O2/c1-32-27(40)23-4-2-3-5-25(23)36-26-24(30)18-33-28(37-26)34-20-10-12-22(13-11-20)38-14-16-39(17-15-38)29(41)35-21-8-6-19(31)7-9-21/h2-5,10-13,18-19,21H,6-9,14-17,31H2,1H3,(H,32,40)(H,35,41)(H2,33,34,36,37)/t19-,21+. The van der Waals surface area contributed by atoms with E-state index in [-0.39, 0.29) is 24.0 Å². The number of anilines is 5. The first kappa shape index (κ1) is 28.4. The molecule has 2 heterocycles. The number of hydrogen-bond donors (Lipinski definition) is 5. The number of benzene rings is 2. The Labute approximate surface area is 244 Å². The van der Waals surface area contributed by atoms with E-state index in [1.54, 1.807) is 25.2 Å². The molecule has 1 aromatic heterocycles. The monoisotopic (exact) mass is 577 g/mol. The van der Waals surface area contributed by atoms with Crippen LogP contribution in [0.2, 0.25) is 5.02 Å². The summed E-state index contributed by atoms with van der Waals surface area (Å²) in [7, 11) is 1.58. The summed E-state index contributed by atoms with van der Waals surface area (Å²) in [6, 6.07) is 15.7. The molecule has 216 valence electrons. The van der Waals surface area contributed by atoms with E-state index in [1.165, 1.54) is 6.20 Å². The quantitative estimate of drug-likeness (QED) is 0.283. The van der Waals surface area contributed by atoms with Crippen LogP contribution in [-0.4, -0.2) is 72.1 Å². The van der Waals surface area contributed by atoms with Gasteiger partial charge < -0.3 is 36.8 Å². The van der Waals surface area contributed by atoms with Gasteiger partial charge >= 0.3 is 6.03 Å². The van der Waals surface area contributed by atoms with Crippen molar-refractivity contribution < 1.29 is 9.59 Å². The topological polar surface area (TPSA) is 141 Å². The van der Waals surface area contributed by atoms with Crippen molar-refractivity contribution in [1.29, 1.82) is 0 Å². The summed E-state index contributed by atoms with van der Waals surface area (Å²) >= 11 is 6.35. The average molecular weight is 578 g/mol. The van der Waals surface area contributed by atoms with Crippen molar-refractivity contribution in [3.8, 4) is 0 Å². The molecule has 1 aliphatic heterocycles. The maximum atomic E-state index is 12.7. The third-order valence-corrected chi connectivity index (χ3v) is 7.83. The molecule has 1 saturated carbocycles. The Bertz CT molecular complexity index is 1350. The molecule has 3 amide bonds. The number of hydrogen-bond acceptors (Lipinski definition) is 8. The summed E-state index contributed by atoms with van der Waals surface area (Å²) in [5, 5.41) is 12.5. The molecule has 0 bridgehead atoms. The van der Waals surface area contributed by atoms with E-state index in [4.69, 9.17) is 17.3 Å². The zero-order chi connectivity index (χ0) is 28.8. The van der Waals surface area contributed by atoms with E-state index in [0.717, 1.165) is 50.1 Å². The second-order valence-corrected chi connectivity index (χ2v) is 10.8. The van der Waals surface area contributed by atoms with Gasteiger partial charge in [-0.15, -0.1) is 0 Å². The van der Waals surface area contributed by atoms with Crippen LogP contribution in [0, 0.1) is 0 Å². The van der Waals surface area contributed by atoms with Crippen molar-refractivity contribution in [2.75, 3.05) is 48.8 Å². The molecule has 1 aliphatic carbocycles. The molecular formula is C29H36ClN9O2. The molecule has 1 saturated heterocycles. The third-order valence-electron chi connectivity index (χ3n) is 7.55. The Balaban J connectivity index is 1.16. The fourth-order valence-corrected chi connectivity index (χ4v) is 5.29. The molecule has 0 unspecified atom stereocenters. The Kier molecular flexibility index (Phi) is 9.05. The van der Waals surface area contributed by atoms with E-state index < -0.39 is 0 Å². The van der Waals surface area contributed by atoms with Crippen molar-refractivity contribution in [1.82, 2.24) is 25.5 Å². The minimum Gasteiger partial charge on any atom is -0.368 e. The van der Waals surface area contributed by atoms with Crippen molar-refractivity contribution >= 4 is 52.4 Å². The number of urea groups is 1. The maximum absolute atomic E-state index is 12.7. The number of nitrogens with zero attached hydrogens (tertiary/aromatic N) is 4. The summed E-state index contributed by atoms with van der Waals surface area (Å²) < 4.78 is 0. The third kappa shape index (κ3) is 7.17. The predicted octanol–water partition coefficient (Wildman–Crippen LogP) is 4.08. The number of rotatable bonds is 7. The van der Waals surface area contributed by atoms with E-state index in [2.05, 4.69) is 36.1 Å². The first-order valence-corrected chi connectivity index (χ1v) is 14.3. The number of aromatic nitrogens is 2. The average Bonchev–Trinajstić information content (AvgIpc) is 3.00. The fraction of sp³-hybridized carbons (Fsp3) is 0.379. The lowest BCUT2D eigenvalue weighted by Gasteiger charge is -2.37. The number of nitrogens with one attached hydrogen (secondary N) is 4. The van der Waals surface area contributed by atoms with Gasteiger partial charge in [-0.05, 0) is 62.1 Å². The van der Waals surface area contributed by atoms with Gasteiger partial charge in [-0.2, -0.15) is 4.98 Å². The van der Waals surface area contributed by atoms with Gasteiger partial charge in [0.15, 0.2) is 5.82 Å². The smallest absolute Gasteiger partial charge is 0.317 e. The van der Waals surface area contributed by atoms with Crippen LogP contribution in [0.1, 0.15) is 36.0 Å². The predicted molar refractivity (Wildman–Crippen MR) is 162 cm³/mol. The second kappa shape index (κ2) is 13.0. The van der Waals surface area contributed by atoms with Crippen molar-refractivity contribution in [3.05, 3.63) is 65.3 Å². The molecule has 41 heavy (non-hydrogen) atoms. The maximum Gasteiger partial charge on any atom is 0.317 e. The van der Waals surface area contributed by atoms with Crippen molar-refractivity contribution in [2.24, 2.45) is 5.73 Å². The van der Waals surface area contributed by atoms with E-state index in [1.807, 2.05) is 35.2 Å². The molecular weight excluding hydrogens is 542 g/mol. The summed E-state index contributed by atoms with van der Waals surface area (Å²) in [5.74, 6) is 0.527. The van der Waals surface area contributed by atoms with Gasteiger partial charge in [0.1, 0.15) is 5.02 Å². The van der Waals surface area contributed by atoms with Gasteiger partial charge in [-0.1, -0.05) is 23.7 Å². The first-order valence-electron chi connectivity index (χ1n) is 13.9. The highest BCUT2D eigenvalue weighted by atomic mass is 35.5. The minimum absolute atomic E-state index is 0.0265. The molecule has 6 N–H and O–H groups in total. The molecule has 0 radical (unpaired) electrons. The highest BCUT2D eigenvalue weighted by molar-refractivity contribution is 6.33. The second-order valence-electron chi connectivity index (χ2n) is 10.3.